The molecule has 63 heavy (non-hydrogen) atoms. The molecule has 294 valence electrons. The SMILES string of the molecule is c1ccc(-c2ccc(N(c3ccccc3)c3ccc(-c4ccc5c(c4)C4(c6ccccc6-5)c5ccccc5-c5c4ccc4c5c5ccccc5n4-c4ccccc4)cc3)cc2)cc1. The molecule has 13 rings (SSSR count). The molecule has 0 bridgehead atoms. The molecule has 0 radical (unpaired) electrons. The molecule has 0 fully saturated rings. The maximum atomic E-state index is 2.49. The third-order valence-electron chi connectivity index (χ3n) is 13.6. The van der Waals surface area contributed by atoms with Crippen molar-refractivity contribution < 1.29 is 0 Å². The molecule has 0 N–H and O–H groups in total. The Morgan fingerprint density at radius 1 is 0.317 bits per heavy atom. The van der Waals surface area contributed by atoms with Gasteiger partial charge >= 0.3 is 0 Å². The fraction of sp³-hybridized carbons (Fsp3) is 0.0164. The predicted octanol–water partition coefficient (Wildman–Crippen LogP) is 15.9. The van der Waals surface area contributed by atoms with Gasteiger partial charge in [0.2, 0.25) is 0 Å². The van der Waals surface area contributed by atoms with E-state index in [1.54, 1.807) is 0 Å². The van der Waals surface area contributed by atoms with Gasteiger partial charge in [0.05, 0.1) is 16.4 Å². The molecule has 1 atom stereocenters. The van der Waals surface area contributed by atoms with Crippen molar-refractivity contribution in [3.8, 4) is 50.2 Å². The lowest BCUT2D eigenvalue weighted by Crippen LogP contribution is -2.25. The van der Waals surface area contributed by atoms with Crippen LogP contribution in [0.1, 0.15) is 22.3 Å². The van der Waals surface area contributed by atoms with Gasteiger partial charge in [0.25, 0.3) is 0 Å². The smallest absolute Gasteiger partial charge is 0.0726 e. The van der Waals surface area contributed by atoms with Crippen molar-refractivity contribution in [3.05, 3.63) is 265 Å². The molecule has 2 aliphatic carbocycles. The van der Waals surface area contributed by atoms with Gasteiger partial charge < -0.3 is 9.47 Å². The van der Waals surface area contributed by atoms with Gasteiger partial charge in [-0.25, -0.2) is 0 Å². The van der Waals surface area contributed by atoms with Gasteiger partial charge in [-0.1, -0.05) is 176 Å². The maximum absolute atomic E-state index is 2.49. The number of anilines is 3. The summed E-state index contributed by atoms with van der Waals surface area (Å²) in [4.78, 5) is 2.34. The number of hydrogen-bond acceptors (Lipinski definition) is 1. The fourth-order valence-corrected chi connectivity index (χ4v) is 11.0. The Balaban J connectivity index is 0.975. The molecule has 2 heteroatoms. The van der Waals surface area contributed by atoms with Crippen LogP contribution in [0.2, 0.25) is 0 Å². The summed E-state index contributed by atoms with van der Waals surface area (Å²) in [6.07, 6.45) is 0. The first kappa shape index (κ1) is 35.5. The minimum absolute atomic E-state index is 0.478. The maximum Gasteiger partial charge on any atom is 0.0726 e. The molecule has 0 saturated heterocycles. The number of fused-ring (bicyclic) bond motifs is 14. The van der Waals surface area contributed by atoms with E-state index in [0.29, 0.717) is 0 Å². The number of nitrogens with zero attached hydrogens (tertiary/aromatic N) is 2. The van der Waals surface area contributed by atoms with Crippen LogP contribution in [0.15, 0.2) is 243 Å². The van der Waals surface area contributed by atoms with E-state index < -0.39 is 5.41 Å². The molecule has 1 aromatic heterocycles. The first-order chi connectivity index (χ1) is 31.3. The Hall–Kier alpha value is -8.20. The van der Waals surface area contributed by atoms with Gasteiger partial charge in [-0.15, -0.1) is 0 Å². The van der Waals surface area contributed by atoms with E-state index in [0.717, 1.165) is 17.1 Å². The van der Waals surface area contributed by atoms with Crippen LogP contribution in [-0.4, -0.2) is 4.57 Å². The summed E-state index contributed by atoms with van der Waals surface area (Å²) < 4.78 is 2.44. The molecule has 2 nitrogen and oxygen atoms in total. The van der Waals surface area contributed by atoms with Gasteiger partial charge in [-0.3, -0.25) is 0 Å². The van der Waals surface area contributed by atoms with Gasteiger partial charge in [-0.05, 0) is 133 Å². The largest absolute Gasteiger partial charge is 0.311 e. The van der Waals surface area contributed by atoms with E-state index in [-0.39, 0.29) is 0 Å². The van der Waals surface area contributed by atoms with Gasteiger partial charge in [0, 0.05) is 33.5 Å². The number of para-hydroxylation sites is 3. The molecular formula is C61H40N2. The first-order valence-corrected chi connectivity index (χ1v) is 21.8. The van der Waals surface area contributed by atoms with Gasteiger partial charge in [0.1, 0.15) is 0 Å². The topological polar surface area (TPSA) is 8.17 Å². The Labute approximate surface area is 367 Å². The van der Waals surface area contributed by atoms with Crippen LogP contribution in [0.25, 0.3) is 72.0 Å². The van der Waals surface area contributed by atoms with Crippen molar-refractivity contribution in [3.63, 3.8) is 0 Å². The Bertz CT molecular complexity index is 3530. The lowest BCUT2D eigenvalue weighted by atomic mass is 9.70. The quantitative estimate of drug-likeness (QED) is 0.163. The van der Waals surface area contributed by atoms with E-state index in [2.05, 4.69) is 252 Å². The molecule has 11 aromatic rings. The van der Waals surface area contributed by atoms with Crippen LogP contribution in [0.5, 0.6) is 0 Å². The highest BCUT2D eigenvalue weighted by Gasteiger charge is 2.52. The van der Waals surface area contributed by atoms with Crippen molar-refractivity contribution in [2.45, 2.75) is 5.41 Å². The van der Waals surface area contributed by atoms with Crippen LogP contribution in [0.4, 0.5) is 17.1 Å². The Morgan fingerprint density at radius 2 is 0.825 bits per heavy atom. The molecule has 2 aliphatic rings. The third kappa shape index (κ3) is 5.19. The zero-order chi connectivity index (χ0) is 41.5. The van der Waals surface area contributed by atoms with Crippen molar-refractivity contribution in [2.24, 2.45) is 0 Å². The van der Waals surface area contributed by atoms with Crippen LogP contribution in [0.3, 0.4) is 0 Å². The standard InChI is InChI=1S/C61H40N2/c1-4-16-41(17-5-1)42-28-33-47(34-29-42)62(45-18-6-2-7-19-45)48-35-30-43(31-36-48)44-32-37-50-49-22-10-13-25-53(49)61(56(50)40-44)54-26-14-11-23-51(54)59-55(61)38-39-58-60(59)52-24-12-15-27-57(52)63(58)46-20-8-3-9-21-46/h1-40H. The lowest BCUT2D eigenvalue weighted by Gasteiger charge is -2.31. The summed E-state index contributed by atoms with van der Waals surface area (Å²) in [7, 11) is 0. The zero-order valence-electron chi connectivity index (χ0n) is 34.5. The lowest BCUT2D eigenvalue weighted by molar-refractivity contribution is 0.794. The van der Waals surface area contributed by atoms with Crippen molar-refractivity contribution >= 4 is 38.9 Å². The second kappa shape index (κ2) is 13.9. The third-order valence-corrected chi connectivity index (χ3v) is 13.6. The van der Waals surface area contributed by atoms with E-state index in [1.807, 2.05) is 0 Å². The van der Waals surface area contributed by atoms with Crippen LogP contribution in [-0.2, 0) is 5.41 Å². The van der Waals surface area contributed by atoms with Crippen molar-refractivity contribution in [2.75, 3.05) is 4.90 Å². The molecule has 1 spiro atoms. The average molecular weight is 801 g/mol. The minimum Gasteiger partial charge on any atom is -0.311 e. The number of benzene rings is 10. The molecule has 10 aromatic carbocycles. The average Bonchev–Trinajstić information content (AvgIpc) is 3.97. The predicted molar refractivity (Wildman–Crippen MR) is 263 cm³/mol. The molecular weight excluding hydrogens is 761 g/mol. The molecule has 0 aliphatic heterocycles. The fourth-order valence-electron chi connectivity index (χ4n) is 11.0. The van der Waals surface area contributed by atoms with Crippen molar-refractivity contribution in [1.82, 2.24) is 4.57 Å². The molecule has 0 amide bonds. The minimum atomic E-state index is -0.478. The normalized spacial score (nSPS) is 14.4. The number of aromatic nitrogens is 1. The highest BCUT2D eigenvalue weighted by atomic mass is 15.1. The molecule has 1 heterocycles. The Morgan fingerprint density at radius 3 is 1.54 bits per heavy atom. The van der Waals surface area contributed by atoms with Crippen LogP contribution < -0.4 is 4.90 Å². The van der Waals surface area contributed by atoms with E-state index in [9.17, 15) is 0 Å². The van der Waals surface area contributed by atoms with Crippen LogP contribution >= 0.6 is 0 Å². The summed E-state index contributed by atoms with van der Waals surface area (Å²) in [5.41, 5.74) is 21.9. The highest BCUT2D eigenvalue weighted by molar-refractivity contribution is 6.19. The van der Waals surface area contributed by atoms with E-state index in [4.69, 9.17) is 0 Å². The molecule has 0 saturated carbocycles. The molecule has 1 unspecified atom stereocenters. The van der Waals surface area contributed by atoms with Gasteiger partial charge in [0.15, 0.2) is 0 Å². The highest BCUT2D eigenvalue weighted by Crippen LogP contribution is 2.64. The first-order valence-electron chi connectivity index (χ1n) is 21.8. The Kier molecular flexibility index (Phi) is 7.85. The summed E-state index contributed by atoms with van der Waals surface area (Å²) >= 11 is 0. The monoisotopic (exact) mass is 800 g/mol. The summed E-state index contributed by atoms with van der Waals surface area (Å²) in [6.45, 7) is 0. The second-order valence-electron chi connectivity index (χ2n) is 16.8. The number of rotatable bonds is 6. The van der Waals surface area contributed by atoms with Gasteiger partial charge in [-0.2, -0.15) is 0 Å². The van der Waals surface area contributed by atoms with E-state index >= 15 is 0 Å². The second-order valence-corrected chi connectivity index (χ2v) is 16.8. The van der Waals surface area contributed by atoms with E-state index in [1.165, 1.54) is 94.3 Å². The summed E-state index contributed by atoms with van der Waals surface area (Å²) in [5, 5.41) is 2.59. The van der Waals surface area contributed by atoms with Crippen molar-refractivity contribution in [1.29, 1.82) is 0 Å². The van der Waals surface area contributed by atoms with Crippen LogP contribution in [0, 0.1) is 0 Å². The number of hydrogen-bond donors (Lipinski definition) is 0. The zero-order valence-corrected chi connectivity index (χ0v) is 34.5. The summed E-state index contributed by atoms with van der Waals surface area (Å²) in [6, 6.07) is 89.3. The summed E-state index contributed by atoms with van der Waals surface area (Å²) in [5.74, 6) is 0.